The highest BCUT2D eigenvalue weighted by Crippen LogP contribution is 2.45. The first-order chi connectivity index (χ1) is 8.34. The Morgan fingerprint density at radius 3 is 2.39 bits per heavy atom. The van der Waals surface area contributed by atoms with E-state index in [1.54, 1.807) is 0 Å². The molecule has 0 aromatic rings. The molecular formula is C15H27NO2. The van der Waals surface area contributed by atoms with Gasteiger partial charge in [-0.05, 0) is 49.9 Å². The van der Waals surface area contributed by atoms with Gasteiger partial charge in [0.05, 0.1) is 5.92 Å². The second-order valence-electron chi connectivity index (χ2n) is 6.98. The summed E-state index contributed by atoms with van der Waals surface area (Å²) in [7, 11) is 0. The lowest BCUT2D eigenvalue weighted by Gasteiger charge is -2.47. The van der Waals surface area contributed by atoms with E-state index in [1.165, 1.54) is 12.8 Å². The highest BCUT2D eigenvalue weighted by atomic mass is 16.4. The van der Waals surface area contributed by atoms with Crippen LogP contribution in [0.5, 0.6) is 0 Å². The van der Waals surface area contributed by atoms with Crippen LogP contribution < -0.4 is 5.32 Å². The topological polar surface area (TPSA) is 49.3 Å². The van der Waals surface area contributed by atoms with Crippen molar-refractivity contribution in [2.24, 2.45) is 23.2 Å². The van der Waals surface area contributed by atoms with E-state index in [9.17, 15) is 9.90 Å². The number of aliphatic carboxylic acids is 1. The van der Waals surface area contributed by atoms with Crippen LogP contribution in [0.2, 0.25) is 0 Å². The maximum atomic E-state index is 11.3. The summed E-state index contributed by atoms with van der Waals surface area (Å²) in [5.74, 6) is 0.452. The molecule has 2 fully saturated rings. The normalized spacial score (nSPS) is 37.2. The Morgan fingerprint density at radius 1 is 1.28 bits per heavy atom. The Kier molecular flexibility index (Phi) is 3.72. The van der Waals surface area contributed by atoms with E-state index in [1.807, 2.05) is 0 Å². The number of carboxylic acid groups (broad SMARTS) is 1. The van der Waals surface area contributed by atoms with E-state index in [0.29, 0.717) is 18.0 Å². The first-order valence-electron chi connectivity index (χ1n) is 7.33. The Balaban J connectivity index is 2.01. The summed E-state index contributed by atoms with van der Waals surface area (Å²) in [6, 6.07) is 1.07. The van der Waals surface area contributed by atoms with Crippen molar-refractivity contribution >= 4 is 5.97 Å². The van der Waals surface area contributed by atoms with Gasteiger partial charge in [0.2, 0.25) is 0 Å². The van der Waals surface area contributed by atoms with Gasteiger partial charge in [0.25, 0.3) is 0 Å². The maximum Gasteiger partial charge on any atom is 0.307 e. The summed E-state index contributed by atoms with van der Waals surface area (Å²) in [5.41, 5.74) is -0.120. The minimum absolute atomic E-state index is 0.120. The van der Waals surface area contributed by atoms with Crippen LogP contribution in [-0.2, 0) is 4.79 Å². The molecule has 2 rings (SSSR count). The number of hydrogen-bond acceptors (Lipinski definition) is 2. The molecule has 3 nitrogen and oxygen atoms in total. The molecule has 2 N–H and O–H groups in total. The molecular weight excluding hydrogens is 226 g/mol. The Hall–Kier alpha value is -0.570. The SMILES string of the molecule is CC(NC1CCC(C(=O)O)C(C)(C)C1C)C1CC1. The number of rotatable bonds is 4. The molecule has 0 heterocycles. The second kappa shape index (κ2) is 4.84. The molecule has 0 aromatic carbocycles. The first kappa shape index (κ1) is 13.9. The largest absolute Gasteiger partial charge is 0.481 e. The molecule has 0 bridgehead atoms. The second-order valence-corrected chi connectivity index (χ2v) is 6.98. The van der Waals surface area contributed by atoms with E-state index >= 15 is 0 Å². The number of carbonyl (C=O) groups is 1. The third kappa shape index (κ3) is 2.56. The molecule has 2 aliphatic carbocycles. The smallest absolute Gasteiger partial charge is 0.307 e. The van der Waals surface area contributed by atoms with Crippen LogP contribution >= 0.6 is 0 Å². The van der Waals surface area contributed by atoms with Crippen LogP contribution in [0.25, 0.3) is 0 Å². The van der Waals surface area contributed by atoms with Gasteiger partial charge in [0.15, 0.2) is 0 Å². The molecule has 4 unspecified atom stereocenters. The van der Waals surface area contributed by atoms with Gasteiger partial charge in [0.1, 0.15) is 0 Å². The van der Waals surface area contributed by atoms with E-state index in [-0.39, 0.29) is 11.3 Å². The number of hydrogen-bond donors (Lipinski definition) is 2. The summed E-state index contributed by atoms with van der Waals surface area (Å²) in [4.78, 5) is 11.3. The molecule has 0 aliphatic heterocycles. The van der Waals surface area contributed by atoms with Gasteiger partial charge >= 0.3 is 5.97 Å². The van der Waals surface area contributed by atoms with Crippen molar-refractivity contribution in [1.82, 2.24) is 5.32 Å². The monoisotopic (exact) mass is 253 g/mol. The first-order valence-corrected chi connectivity index (χ1v) is 7.33. The summed E-state index contributed by atoms with van der Waals surface area (Å²) >= 11 is 0. The van der Waals surface area contributed by atoms with Gasteiger partial charge in [-0.2, -0.15) is 0 Å². The molecule has 3 heteroatoms. The van der Waals surface area contributed by atoms with Gasteiger partial charge in [-0.15, -0.1) is 0 Å². The zero-order valence-corrected chi connectivity index (χ0v) is 12.1. The molecule has 18 heavy (non-hydrogen) atoms. The summed E-state index contributed by atoms with van der Waals surface area (Å²) < 4.78 is 0. The molecule has 0 aromatic heterocycles. The quantitative estimate of drug-likeness (QED) is 0.810. The minimum atomic E-state index is -0.624. The van der Waals surface area contributed by atoms with Crippen molar-refractivity contribution in [3.05, 3.63) is 0 Å². The summed E-state index contributed by atoms with van der Waals surface area (Å²) in [6.07, 6.45) is 4.52. The van der Waals surface area contributed by atoms with Crippen molar-refractivity contribution < 1.29 is 9.90 Å². The van der Waals surface area contributed by atoms with Crippen molar-refractivity contribution in [3.8, 4) is 0 Å². The molecule has 2 aliphatic rings. The molecule has 0 spiro atoms. The van der Waals surface area contributed by atoms with Crippen LogP contribution in [0, 0.1) is 23.2 Å². The van der Waals surface area contributed by atoms with Gasteiger partial charge in [-0.3, -0.25) is 4.79 Å². The zero-order chi connectivity index (χ0) is 13.5. The highest BCUT2D eigenvalue weighted by Gasteiger charge is 2.46. The maximum absolute atomic E-state index is 11.3. The molecule has 0 radical (unpaired) electrons. The predicted octanol–water partition coefficient (Wildman–Crippen LogP) is 2.90. The third-order valence-corrected chi connectivity index (χ3v) is 5.55. The Labute approximate surface area is 110 Å². The van der Waals surface area contributed by atoms with Gasteiger partial charge in [-0.25, -0.2) is 0 Å². The van der Waals surface area contributed by atoms with Gasteiger partial charge < -0.3 is 10.4 Å². The number of carboxylic acids is 1. The van der Waals surface area contributed by atoms with Gasteiger partial charge in [0, 0.05) is 12.1 Å². The fourth-order valence-corrected chi connectivity index (χ4v) is 3.54. The minimum Gasteiger partial charge on any atom is -0.481 e. The lowest BCUT2D eigenvalue weighted by molar-refractivity contribution is -0.150. The molecule has 4 atom stereocenters. The van der Waals surface area contributed by atoms with E-state index in [2.05, 4.69) is 33.0 Å². The predicted molar refractivity (Wildman–Crippen MR) is 72.4 cm³/mol. The van der Waals surface area contributed by atoms with Crippen molar-refractivity contribution in [2.45, 2.75) is 65.5 Å². The Morgan fingerprint density at radius 2 is 1.89 bits per heavy atom. The van der Waals surface area contributed by atoms with Crippen LogP contribution in [0.4, 0.5) is 0 Å². The molecule has 0 amide bonds. The fraction of sp³-hybridized carbons (Fsp3) is 0.933. The standard InChI is InChI=1S/C15H27NO2/c1-9-13(16-10(2)11-5-6-11)8-7-12(14(17)18)15(9,3)4/h9-13,16H,5-8H2,1-4H3,(H,17,18). The van der Waals surface area contributed by atoms with E-state index in [4.69, 9.17) is 0 Å². The van der Waals surface area contributed by atoms with E-state index < -0.39 is 5.97 Å². The van der Waals surface area contributed by atoms with Crippen molar-refractivity contribution in [1.29, 1.82) is 0 Å². The van der Waals surface area contributed by atoms with E-state index in [0.717, 1.165) is 18.8 Å². The molecule has 0 saturated heterocycles. The fourth-order valence-electron chi connectivity index (χ4n) is 3.54. The van der Waals surface area contributed by atoms with Crippen LogP contribution in [0.15, 0.2) is 0 Å². The van der Waals surface area contributed by atoms with Crippen molar-refractivity contribution in [3.63, 3.8) is 0 Å². The summed E-state index contributed by atoms with van der Waals surface area (Å²) in [5, 5.41) is 13.1. The Bertz CT molecular complexity index is 322. The highest BCUT2D eigenvalue weighted by molar-refractivity contribution is 5.71. The van der Waals surface area contributed by atoms with Gasteiger partial charge in [-0.1, -0.05) is 20.8 Å². The third-order valence-electron chi connectivity index (χ3n) is 5.55. The lowest BCUT2D eigenvalue weighted by atomic mass is 9.61. The average molecular weight is 253 g/mol. The van der Waals surface area contributed by atoms with Crippen LogP contribution in [0.3, 0.4) is 0 Å². The summed E-state index contributed by atoms with van der Waals surface area (Å²) in [6.45, 7) is 8.73. The van der Waals surface area contributed by atoms with Crippen LogP contribution in [-0.4, -0.2) is 23.2 Å². The number of nitrogens with one attached hydrogen (secondary N) is 1. The average Bonchev–Trinajstić information content (AvgIpc) is 3.07. The lowest BCUT2D eigenvalue weighted by Crippen LogP contribution is -2.53. The zero-order valence-electron chi connectivity index (χ0n) is 12.1. The molecule has 2 saturated carbocycles. The van der Waals surface area contributed by atoms with Crippen LogP contribution in [0.1, 0.15) is 53.4 Å². The molecule has 104 valence electrons. The van der Waals surface area contributed by atoms with Crippen molar-refractivity contribution in [2.75, 3.05) is 0 Å².